The highest BCUT2D eigenvalue weighted by molar-refractivity contribution is 5.79. The molecule has 0 bridgehead atoms. The van der Waals surface area contributed by atoms with Crippen LogP contribution in [0.3, 0.4) is 0 Å². The zero-order valence-electron chi connectivity index (χ0n) is 15.5. The molecule has 0 aliphatic carbocycles. The van der Waals surface area contributed by atoms with Crippen LogP contribution in [0.15, 0.2) is 33.8 Å². The number of alkyl halides is 3. The molecule has 0 aliphatic heterocycles. The third-order valence-electron chi connectivity index (χ3n) is 3.39. The Balaban J connectivity index is 1.94. The Morgan fingerprint density at radius 3 is 2.41 bits per heavy atom. The van der Waals surface area contributed by atoms with Crippen molar-refractivity contribution in [3.63, 3.8) is 0 Å². The molecule has 0 atom stereocenters. The fourth-order valence-corrected chi connectivity index (χ4v) is 2.07. The average Bonchev–Trinajstić information content (AvgIpc) is 3.04. The van der Waals surface area contributed by atoms with E-state index in [1.807, 2.05) is 20.8 Å². The highest BCUT2D eigenvalue weighted by Crippen LogP contribution is 2.26. The van der Waals surface area contributed by atoms with Crippen molar-refractivity contribution in [2.75, 3.05) is 7.05 Å². The molecule has 7 nitrogen and oxygen atoms in total. The predicted molar refractivity (Wildman–Crippen MR) is 93.2 cm³/mol. The molecule has 0 aliphatic rings. The molecule has 148 valence electrons. The van der Waals surface area contributed by atoms with Crippen molar-refractivity contribution in [3.8, 4) is 5.75 Å². The molecule has 0 saturated heterocycles. The third-order valence-corrected chi connectivity index (χ3v) is 3.39. The van der Waals surface area contributed by atoms with Gasteiger partial charge in [0.15, 0.2) is 11.8 Å². The minimum Gasteiger partial charge on any atom is -0.405 e. The maximum absolute atomic E-state index is 12.5. The van der Waals surface area contributed by atoms with Gasteiger partial charge in [0.1, 0.15) is 5.75 Å². The summed E-state index contributed by atoms with van der Waals surface area (Å²) in [6.45, 7) is 6.21. The Morgan fingerprint density at radius 1 is 1.15 bits per heavy atom. The van der Waals surface area contributed by atoms with Crippen molar-refractivity contribution >= 4 is 5.96 Å². The van der Waals surface area contributed by atoms with Gasteiger partial charge in [-0.05, 0) is 6.07 Å². The van der Waals surface area contributed by atoms with Crippen LogP contribution in [-0.4, -0.2) is 29.5 Å². The third kappa shape index (κ3) is 6.46. The Labute approximate surface area is 155 Å². The van der Waals surface area contributed by atoms with Crippen LogP contribution < -0.4 is 15.4 Å². The summed E-state index contributed by atoms with van der Waals surface area (Å²) in [4.78, 5) is 8.32. The van der Waals surface area contributed by atoms with Crippen LogP contribution in [0.4, 0.5) is 13.2 Å². The Morgan fingerprint density at radius 2 is 1.81 bits per heavy atom. The number of rotatable bonds is 5. The molecule has 0 spiro atoms. The summed E-state index contributed by atoms with van der Waals surface area (Å²) >= 11 is 0. The summed E-state index contributed by atoms with van der Waals surface area (Å²) in [5, 5.41) is 9.79. The normalized spacial score (nSPS) is 12.8. The first-order chi connectivity index (χ1) is 12.6. The molecule has 0 amide bonds. The van der Waals surface area contributed by atoms with E-state index in [1.165, 1.54) is 18.2 Å². The molecule has 2 N–H and O–H groups in total. The quantitative estimate of drug-likeness (QED) is 0.608. The van der Waals surface area contributed by atoms with Gasteiger partial charge in [0, 0.05) is 24.6 Å². The first kappa shape index (κ1) is 20.5. The summed E-state index contributed by atoms with van der Waals surface area (Å²) < 4.78 is 46.7. The second-order valence-corrected chi connectivity index (χ2v) is 6.70. The van der Waals surface area contributed by atoms with E-state index >= 15 is 0 Å². The van der Waals surface area contributed by atoms with E-state index in [0.29, 0.717) is 23.2 Å². The van der Waals surface area contributed by atoms with E-state index in [1.54, 1.807) is 13.1 Å². The highest BCUT2D eigenvalue weighted by atomic mass is 19.4. The van der Waals surface area contributed by atoms with Crippen molar-refractivity contribution in [1.29, 1.82) is 0 Å². The molecule has 0 radical (unpaired) electrons. The van der Waals surface area contributed by atoms with Crippen LogP contribution in [-0.2, 0) is 18.5 Å². The lowest BCUT2D eigenvalue weighted by Gasteiger charge is -2.15. The largest absolute Gasteiger partial charge is 0.573 e. The second kappa shape index (κ2) is 8.28. The van der Waals surface area contributed by atoms with Gasteiger partial charge in [-0.15, -0.1) is 13.2 Å². The molecule has 0 saturated carbocycles. The van der Waals surface area contributed by atoms with Crippen LogP contribution in [0, 0.1) is 0 Å². The lowest BCUT2D eigenvalue weighted by molar-refractivity contribution is -0.274. The van der Waals surface area contributed by atoms with Crippen LogP contribution in [0.1, 0.15) is 38.0 Å². The molecule has 1 aromatic heterocycles. The number of nitrogens with zero attached hydrogens (tertiary/aromatic N) is 3. The standard InChI is InChI=1S/C17H22F3N5O2/c1-16(2,3)14-24-13(25-27-14)10-23-15(21-4)22-9-11-7-5-6-8-12(11)26-17(18,19)20/h5-8H,9-10H2,1-4H3,(H2,21,22,23). The maximum atomic E-state index is 12.5. The number of guanidine groups is 1. The van der Waals surface area contributed by atoms with E-state index in [2.05, 4.69) is 30.5 Å². The van der Waals surface area contributed by atoms with Crippen LogP contribution in [0.2, 0.25) is 0 Å². The molecular formula is C17H22F3N5O2. The van der Waals surface area contributed by atoms with Gasteiger partial charge < -0.3 is 19.9 Å². The minimum atomic E-state index is -4.75. The molecular weight excluding hydrogens is 363 g/mol. The van der Waals surface area contributed by atoms with E-state index in [-0.39, 0.29) is 24.3 Å². The number of aromatic nitrogens is 2. The monoisotopic (exact) mass is 385 g/mol. The van der Waals surface area contributed by atoms with Gasteiger partial charge in [-0.25, -0.2) is 0 Å². The molecule has 0 unspecified atom stereocenters. The van der Waals surface area contributed by atoms with E-state index in [4.69, 9.17) is 4.52 Å². The molecule has 2 rings (SSSR count). The van der Waals surface area contributed by atoms with Gasteiger partial charge in [-0.1, -0.05) is 44.1 Å². The number of para-hydroxylation sites is 1. The van der Waals surface area contributed by atoms with Crippen molar-refractivity contribution in [2.45, 2.75) is 45.6 Å². The fraction of sp³-hybridized carbons (Fsp3) is 0.471. The SMILES string of the molecule is CN=C(NCc1noc(C(C)(C)C)n1)NCc1ccccc1OC(F)(F)F. The van der Waals surface area contributed by atoms with Crippen LogP contribution in [0.25, 0.3) is 0 Å². The van der Waals surface area contributed by atoms with Gasteiger partial charge >= 0.3 is 6.36 Å². The van der Waals surface area contributed by atoms with Gasteiger partial charge in [0.05, 0.1) is 6.54 Å². The summed E-state index contributed by atoms with van der Waals surface area (Å²) in [6, 6.07) is 5.90. The molecule has 1 heterocycles. The Hall–Kier alpha value is -2.78. The molecule has 27 heavy (non-hydrogen) atoms. The van der Waals surface area contributed by atoms with Crippen LogP contribution in [0.5, 0.6) is 5.75 Å². The van der Waals surface area contributed by atoms with Crippen molar-refractivity contribution in [1.82, 2.24) is 20.8 Å². The number of nitrogens with one attached hydrogen (secondary N) is 2. The summed E-state index contributed by atoms with van der Waals surface area (Å²) in [5.41, 5.74) is 0.0836. The topological polar surface area (TPSA) is 84.6 Å². The molecule has 2 aromatic rings. The van der Waals surface area contributed by atoms with E-state index in [0.717, 1.165) is 0 Å². The van der Waals surface area contributed by atoms with E-state index < -0.39 is 6.36 Å². The molecule has 1 aromatic carbocycles. The number of aliphatic imine (C=N–C) groups is 1. The summed E-state index contributed by atoms with van der Waals surface area (Å²) in [7, 11) is 1.55. The van der Waals surface area contributed by atoms with Gasteiger partial charge in [0.25, 0.3) is 0 Å². The molecule has 0 fully saturated rings. The zero-order chi connectivity index (χ0) is 20.1. The predicted octanol–water partition coefficient (Wildman–Crippen LogP) is 3.13. The Bertz CT molecular complexity index is 781. The fourth-order valence-electron chi connectivity index (χ4n) is 2.07. The smallest absolute Gasteiger partial charge is 0.405 e. The molecule has 10 heteroatoms. The van der Waals surface area contributed by atoms with E-state index in [9.17, 15) is 13.2 Å². The van der Waals surface area contributed by atoms with Crippen LogP contribution >= 0.6 is 0 Å². The van der Waals surface area contributed by atoms with Crippen molar-refractivity contribution in [3.05, 3.63) is 41.5 Å². The van der Waals surface area contributed by atoms with Crippen molar-refractivity contribution < 1.29 is 22.4 Å². The highest BCUT2D eigenvalue weighted by Gasteiger charge is 2.32. The lowest BCUT2D eigenvalue weighted by atomic mass is 9.97. The number of ether oxygens (including phenoxy) is 1. The Kier molecular flexibility index (Phi) is 6.29. The van der Waals surface area contributed by atoms with Gasteiger partial charge in [0.2, 0.25) is 5.89 Å². The average molecular weight is 385 g/mol. The van der Waals surface area contributed by atoms with Gasteiger partial charge in [-0.3, -0.25) is 4.99 Å². The second-order valence-electron chi connectivity index (χ2n) is 6.70. The van der Waals surface area contributed by atoms with Crippen molar-refractivity contribution in [2.24, 2.45) is 4.99 Å². The van der Waals surface area contributed by atoms with Gasteiger partial charge in [-0.2, -0.15) is 4.98 Å². The lowest BCUT2D eigenvalue weighted by Crippen LogP contribution is -2.36. The number of benzene rings is 1. The maximum Gasteiger partial charge on any atom is 0.573 e. The minimum absolute atomic E-state index is 0.0887. The number of halogens is 3. The number of hydrogen-bond acceptors (Lipinski definition) is 5. The zero-order valence-corrected chi connectivity index (χ0v) is 15.5. The summed E-state index contributed by atoms with van der Waals surface area (Å²) in [5.74, 6) is 1.07. The summed E-state index contributed by atoms with van der Waals surface area (Å²) in [6.07, 6.45) is -4.75. The first-order valence-corrected chi connectivity index (χ1v) is 8.20. The number of hydrogen-bond donors (Lipinski definition) is 2. The first-order valence-electron chi connectivity index (χ1n) is 8.20.